The highest BCUT2D eigenvalue weighted by atomic mass is 19.1. The third-order valence-corrected chi connectivity index (χ3v) is 3.68. The van der Waals surface area contributed by atoms with Gasteiger partial charge in [0.15, 0.2) is 11.7 Å². The lowest BCUT2D eigenvalue weighted by Gasteiger charge is -2.07. The third kappa shape index (κ3) is 4.75. The fourth-order valence-corrected chi connectivity index (χ4v) is 2.30. The van der Waals surface area contributed by atoms with E-state index >= 15 is 0 Å². The number of oxazole rings is 1. The molecule has 138 valence electrons. The van der Waals surface area contributed by atoms with Crippen molar-refractivity contribution >= 4 is 11.8 Å². The SMILES string of the molecule is O=C(CCc1ncc(-c2ccc(F)cc2)o1)NNC(=O)c1ccccc1F. The lowest BCUT2D eigenvalue weighted by atomic mass is 10.2. The molecule has 1 heterocycles. The van der Waals surface area contributed by atoms with Gasteiger partial charge >= 0.3 is 0 Å². The number of amides is 2. The van der Waals surface area contributed by atoms with E-state index in [4.69, 9.17) is 4.42 Å². The zero-order chi connectivity index (χ0) is 19.2. The summed E-state index contributed by atoms with van der Waals surface area (Å²) >= 11 is 0. The van der Waals surface area contributed by atoms with Crippen molar-refractivity contribution in [3.63, 3.8) is 0 Å². The van der Waals surface area contributed by atoms with Crippen LogP contribution in [0, 0.1) is 11.6 Å². The van der Waals surface area contributed by atoms with E-state index in [0.717, 1.165) is 6.07 Å². The number of halogens is 2. The highest BCUT2D eigenvalue weighted by Crippen LogP contribution is 2.21. The first-order valence-electron chi connectivity index (χ1n) is 8.07. The van der Waals surface area contributed by atoms with Crippen LogP contribution in [0.25, 0.3) is 11.3 Å². The van der Waals surface area contributed by atoms with Crippen molar-refractivity contribution < 1.29 is 22.8 Å². The molecule has 0 atom stereocenters. The molecule has 0 aliphatic carbocycles. The largest absolute Gasteiger partial charge is 0.441 e. The van der Waals surface area contributed by atoms with E-state index in [0.29, 0.717) is 17.2 Å². The Labute approximate surface area is 153 Å². The van der Waals surface area contributed by atoms with Gasteiger partial charge in [-0.3, -0.25) is 20.4 Å². The molecule has 27 heavy (non-hydrogen) atoms. The van der Waals surface area contributed by atoms with Gasteiger partial charge in [-0.1, -0.05) is 12.1 Å². The van der Waals surface area contributed by atoms with Gasteiger partial charge in [0.25, 0.3) is 5.91 Å². The molecule has 2 N–H and O–H groups in total. The van der Waals surface area contributed by atoms with Gasteiger partial charge in [0.05, 0.1) is 11.8 Å². The Morgan fingerprint density at radius 3 is 2.48 bits per heavy atom. The van der Waals surface area contributed by atoms with Crippen LogP contribution in [0.5, 0.6) is 0 Å². The van der Waals surface area contributed by atoms with Gasteiger partial charge in [0, 0.05) is 18.4 Å². The van der Waals surface area contributed by atoms with Crippen molar-refractivity contribution in [3.8, 4) is 11.3 Å². The number of benzene rings is 2. The minimum atomic E-state index is -0.754. The van der Waals surface area contributed by atoms with Crippen LogP contribution in [0.4, 0.5) is 8.78 Å². The number of nitrogens with zero attached hydrogens (tertiary/aromatic N) is 1. The average molecular weight is 371 g/mol. The maximum atomic E-state index is 13.5. The predicted molar refractivity (Wildman–Crippen MR) is 92.2 cm³/mol. The molecule has 6 nitrogen and oxygen atoms in total. The van der Waals surface area contributed by atoms with E-state index in [9.17, 15) is 18.4 Å². The van der Waals surface area contributed by atoms with Crippen LogP contribution < -0.4 is 10.9 Å². The van der Waals surface area contributed by atoms with Crippen molar-refractivity contribution in [1.29, 1.82) is 0 Å². The molecule has 0 spiro atoms. The summed E-state index contributed by atoms with van der Waals surface area (Å²) in [5.74, 6) is -1.49. The van der Waals surface area contributed by atoms with Crippen molar-refractivity contribution in [2.45, 2.75) is 12.8 Å². The highest BCUT2D eigenvalue weighted by molar-refractivity contribution is 5.95. The minimum Gasteiger partial charge on any atom is -0.441 e. The monoisotopic (exact) mass is 371 g/mol. The molecule has 0 aliphatic rings. The Hall–Kier alpha value is -3.55. The van der Waals surface area contributed by atoms with E-state index in [-0.39, 0.29) is 24.2 Å². The van der Waals surface area contributed by atoms with Crippen molar-refractivity contribution in [2.75, 3.05) is 0 Å². The second-order valence-electron chi connectivity index (χ2n) is 5.61. The number of rotatable bonds is 5. The topological polar surface area (TPSA) is 84.2 Å². The van der Waals surface area contributed by atoms with Crippen molar-refractivity contribution in [1.82, 2.24) is 15.8 Å². The fraction of sp³-hybridized carbons (Fsp3) is 0.105. The number of hydrogen-bond donors (Lipinski definition) is 2. The number of hydrogen-bond acceptors (Lipinski definition) is 4. The third-order valence-electron chi connectivity index (χ3n) is 3.68. The van der Waals surface area contributed by atoms with Crippen LogP contribution in [0.1, 0.15) is 22.7 Å². The fourth-order valence-electron chi connectivity index (χ4n) is 2.30. The van der Waals surface area contributed by atoms with Crippen LogP contribution in [0.3, 0.4) is 0 Å². The molecule has 0 saturated heterocycles. The zero-order valence-corrected chi connectivity index (χ0v) is 14.0. The van der Waals surface area contributed by atoms with Crippen LogP contribution in [-0.4, -0.2) is 16.8 Å². The zero-order valence-electron chi connectivity index (χ0n) is 14.0. The molecule has 0 fully saturated rings. The van der Waals surface area contributed by atoms with E-state index in [2.05, 4.69) is 15.8 Å². The summed E-state index contributed by atoms with van der Waals surface area (Å²) in [5, 5.41) is 0. The Balaban J connectivity index is 1.49. The highest BCUT2D eigenvalue weighted by Gasteiger charge is 2.13. The molecule has 0 saturated carbocycles. The molecule has 3 aromatic rings. The summed E-state index contributed by atoms with van der Waals surface area (Å²) in [4.78, 5) is 27.7. The van der Waals surface area contributed by atoms with E-state index < -0.39 is 17.6 Å². The molecule has 8 heteroatoms. The second kappa shape index (κ2) is 8.22. The van der Waals surface area contributed by atoms with Crippen molar-refractivity contribution in [2.24, 2.45) is 0 Å². The number of nitrogens with one attached hydrogen (secondary N) is 2. The summed E-state index contributed by atoms with van der Waals surface area (Å²) in [5.41, 5.74) is 4.85. The number of carbonyl (C=O) groups excluding carboxylic acids is 2. The number of aromatic nitrogens is 1. The van der Waals surface area contributed by atoms with Crippen LogP contribution in [0.2, 0.25) is 0 Å². The standard InChI is InChI=1S/C19H15F2N3O3/c20-13-7-5-12(6-8-13)16-11-22-18(27-16)10-9-17(25)23-24-19(26)14-3-1-2-4-15(14)21/h1-8,11H,9-10H2,(H,23,25)(H,24,26). The molecule has 3 rings (SSSR count). The van der Waals surface area contributed by atoms with Gasteiger partial charge in [0.2, 0.25) is 5.91 Å². The summed E-state index contributed by atoms with van der Waals surface area (Å²) in [7, 11) is 0. The Morgan fingerprint density at radius 2 is 1.74 bits per heavy atom. The molecule has 2 amide bonds. The predicted octanol–water partition coefficient (Wildman–Crippen LogP) is 3.01. The summed E-state index contributed by atoms with van der Waals surface area (Å²) in [6.07, 6.45) is 1.68. The van der Waals surface area contributed by atoms with Crippen LogP contribution in [-0.2, 0) is 11.2 Å². The molecule has 0 aliphatic heterocycles. The van der Waals surface area contributed by atoms with Gasteiger partial charge in [-0.25, -0.2) is 13.8 Å². The first-order chi connectivity index (χ1) is 13.0. The van der Waals surface area contributed by atoms with Crippen LogP contribution in [0.15, 0.2) is 59.1 Å². The maximum Gasteiger partial charge on any atom is 0.272 e. The average Bonchev–Trinajstić information content (AvgIpc) is 3.14. The van der Waals surface area contributed by atoms with Gasteiger partial charge in [-0.2, -0.15) is 0 Å². The Kier molecular flexibility index (Phi) is 5.55. The maximum absolute atomic E-state index is 13.5. The van der Waals surface area contributed by atoms with Gasteiger partial charge < -0.3 is 4.42 Å². The minimum absolute atomic E-state index is 0.000916. The number of carbonyl (C=O) groups is 2. The summed E-state index contributed by atoms with van der Waals surface area (Å²) < 4.78 is 31.9. The van der Waals surface area contributed by atoms with E-state index in [1.807, 2.05) is 0 Å². The molecule has 0 radical (unpaired) electrons. The quantitative estimate of drug-likeness (QED) is 0.676. The van der Waals surface area contributed by atoms with E-state index in [1.54, 1.807) is 12.1 Å². The lowest BCUT2D eigenvalue weighted by molar-refractivity contribution is -0.121. The molecule has 0 bridgehead atoms. The molecule has 0 unspecified atom stereocenters. The number of hydrazine groups is 1. The smallest absolute Gasteiger partial charge is 0.272 e. The second-order valence-corrected chi connectivity index (χ2v) is 5.61. The van der Waals surface area contributed by atoms with Gasteiger partial charge in [0.1, 0.15) is 11.6 Å². The Bertz CT molecular complexity index is 955. The van der Waals surface area contributed by atoms with Gasteiger partial charge in [-0.05, 0) is 36.4 Å². The molecular formula is C19H15F2N3O3. The van der Waals surface area contributed by atoms with E-state index in [1.165, 1.54) is 36.5 Å². The first kappa shape index (κ1) is 18.2. The van der Waals surface area contributed by atoms with Crippen LogP contribution >= 0.6 is 0 Å². The Morgan fingerprint density at radius 1 is 1.00 bits per heavy atom. The normalized spacial score (nSPS) is 10.4. The molecule has 2 aromatic carbocycles. The van der Waals surface area contributed by atoms with Crippen molar-refractivity contribution in [3.05, 3.63) is 77.8 Å². The number of aryl methyl sites for hydroxylation is 1. The lowest BCUT2D eigenvalue weighted by Crippen LogP contribution is -2.42. The molecular weight excluding hydrogens is 356 g/mol. The summed E-state index contributed by atoms with van der Waals surface area (Å²) in [6.45, 7) is 0. The summed E-state index contributed by atoms with van der Waals surface area (Å²) in [6, 6.07) is 11.2. The molecule has 1 aromatic heterocycles. The first-order valence-corrected chi connectivity index (χ1v) is 8.07. The van der Waals surface area contributed by atoms with Gasteiger partial charge in [-0.15, -0.1) is 0 Å².